The van der Waals surface area contributed by atoms with Crippen LogP contribution < -0.4 is 0 Å². The van der Waals surface area contributed by atoms with Crippen molar-refractivity contribution in [2.75, 3.05) is 6.54 Å². The summed E-state index contributed by atoms with van der Waals surface area (Å²) in [6.45, 7) is 1.25. The van der Waals surface area contributed by atoms with Gasteiger partial charge in [0.15, 0.2) is 0 Å². The van der Waals surface area contributed by atoms with Gasteiger partial charge in [0.2, 0.25) is 0 Å². The van der Waals surface area contributed by atoms with Gasteiger partial charge in [-0.3, -0.25) is 9.69 Å². The van der Waals surface area contributed by atoms with Crippen molar-refractivity contribution >= 4 is 5.97 Å². The maximum Gasteiger partial charge on any atom is 0.304 e. The summed E-state index contributed by atoms with van der Waals surface area (Å²) in [4.78, 5) is 16.7. The second-order valence-electron chi connectivity index (χ2n) is 4.51. The summed E-state index contributed by atoms with van der Waals surface area (Å²) >= 11 is 0. The molecule has 1 aromatic rings. The Kier molecular flexibility index (Phi) is 3.90. The van der Waals surface area contributed by atoms with Crippen molar-refractivity contribution in [1.29, 1.82) is 5.26 Å². The predicted octanol–water partition coefficient (Wildman–Crippen LogP) is 1.39. The maximum atomic E-state index is 10.6. The Morgan fingerprint density at radius 3 is 3.00 bits per heavy atom. The normalized spacial score (nSPS) is 14.4. The highest BCUT2D eigenvalue weighted by Gasteiger charge is 2.29. The van der Waals surface area contributed by atoms with Gasteiger partial charge in [-0.05, 0) is 30.5 Å². The van der Waals surface area contributed by atoms with E-state index in [4.69, 9.17) is 10.4 Å². The summed E-state index contributed by atoms with van der Waals surface area (Å²) in [6, 6.07) is 6.15. The molecule has 1 aliphatic rings. The fourth-order valence-electron chi connectivity index (χ4n) is 1.94. The quantitative estimate of drug-likeness (QED) is 0.819. The Labute approximate surface area is 106 Å². The largest absolute Gasteiger partial charge is 0.481 e. The Balaban J connectivity index is 1.99. The van der Waals surface area contributed by atoms with Gasteiger partial charge in [-0.2, -0.15) is 5.26 Å². The highest BCUT2D eigenvalue weighted by Crippen LogP contribution is 2.28. The third kappa shape index (κ3) is 3.54. The topological polar surface area (TPSA) is 77.2 Å². The molecule has 5 heteroatoms. The highest BCUT2D eigenvalue weighted by molar-refractivity contribution is 5.66. The number of pyridine rings is 1. The monoisotopic (exact) mass is 245 g/mol. The smallest absolute Gasteiger partial charge is 0.304 e. The van der Waals surface area contributed by atoms with Crippen LogP contribution in [-0.2, 0) is 11.3 Å². The molecule has 0 atom stereocenters. The Morgan fingerprint density at radius 1 is 1.61 bits per heavy atom. The van der Waals surface area contributed by atoms with Crippen LogP contribution in [0.5, 0.6) is 0 Å². The zero-order valence-corrected chi connectivity index (χ0v) is 10.0. The Morgan fingerprint density at radius 2 is 2.39 bits per heavy atom. The van der Waals surface area contributed by atoms with Crippen molar-refractivity contribution in [1.82, 2.24) is 9.88 Å². The van der Waals surface area contributed by atoms with Crippen LogP contribution in [0.2, 0.25) is 0 Å². The van der Waals surface area contributed by atoms with Crippen LogP contribution in [0, 0.1) is 11.3 Å². The molecule has 1 aliphatic carbocycles. The summed E-state index contributed by atoms with van der Waals surface area (Å²) in [6.07, 6.45) is 4.05. The van der Waals surface area contributed by atoms with E-state index in [0.29, 0.717) is 24.8 Å². The molecule has 0 bridgehead atoms. The molecule has 1 fully saturated rings. The molecule has 0 aliphatic heterocycles. The lowest BCUT2D eigenvalue weighted by Crippen LogP contribution is -2.28. The van der Waals surface area contributed by atoms with Crippen molar-refractivity contribution in [2.45, 2.75) is 31.8 Å². The standard InChI is InChI=1S/C13H15N3O2/c14-8-11-7-10(3-5-15-11)9-16(12-1-2-12)6-4-13(17)18/h3,5,7,12H,1-2,4,6,9H2,(H,17,18). The lowest BCUT2D eigenvalue weighted by Gasteiger charge is -2.21. The molecule has 0 amide bonds. The van der Waals surface area contributed by atoms with E-state index in [-0.39, 0.29) is 6.42 Å². The second-order valence-corrected chi connectivity index (χ2v) is 4.51. The second kappa shape index (κ2) is 5.61. The fraction of sp³-hybridized carbons (Fsp3) is 0.462. The Hall–Kier alpha value is -1.93. The Bertz CT molecular complexity index is 477. The minimum absolute atomic E-state index is 0.159. The molecule has 1 heterocycles. The summed E-state index contributed by atoms with van der Waals surface area (Å²) in [5.74, 6) is -0.770. The molecule has 0 unspecified atom stereocenters. The van der Waals surface area contributed by atoms with E-state index in [1.54, 1.807) is 12.3 Å². The number of carbonyl (C=O) groups is 1. The molecule has 0 saturated heterocycles. The van der Waals surface area contributed by atoms with Crippen LogP contribution in [0.15, 0.2) is 18.3 Å². The molecule has 0 spiro atoms. The van der Waals surface area contributed by atoms with Crippen molar-refractivity contribution in [3.63, 3.8) is 0 Å². The SMILES string of the molecule is N#Cc1cc(CN(CCC(=O)O)C2CC2)ccn1. The van der Waals surface area contributed by atoms with Gasteiger partial charge in [0.25, 0.3) is 0 Å². The van der Waals surface area contributed by atoms with E-state index in [1.165, 1.54) is 0 Å². The maximum absolute atomic E-state index is 10.6. The number of rotatable bonds is 6. The van der Waals surface area contributed by atoms with E-state index in [2.05, 4.69) is 9.88 Å². The molecule has 1 aromatic heterocycles. The number of nitrogens with zero attached hydrogens (tertiary/aromatic N) is 3. The molecule has 1 N–H and O–H groups in total. The number of hydrogen-bond donors (Lipinski definition) is 1. The molecule has 18 heavy (non-hydrogen) atoms. The minimum atomic E-state index is -0.770. The first-order chi connectivity index (χ1) is 8.69. The van der Waals surface area contributed by atoms with Crippen LogP contribution >= 0.6 is 0 Å². The summed E-state index contributed by atoms with van der Waals surface area (Å²) < 4.78 is 0. The molecule has 2 rings (SSSR count). The molecular weight excluding hydrogens is 230 g/mol. The summed E-state index contributed by atoms with van der Waals surface area (Å²) in [5, 5.41) is 17.5. The first-order valence-corrected chi connectivity index (χ1v) is 6.00. The third-order valence-electron chi connectivity index (χ3n) is 3.00. The number of nitriles is 1. The number of carboxylic acid groups (broad SMARTS) is 1. The summed E-state index contributed by atoms with van der Waals surface area (Å²) in [7, 11) is 0. The van der Waals surface area contributed by atoms with Gasteiger partial charge in [-0.15, -0.1) is 0 Å². The van der Waals surface area contributed by atoms with Crippen LogP contribution in [-0.4, -0.2) is 33.5 Å². The van der Waals surface area contributed by atoms with Gasteiger partial charge < -0.3 is 5.11 Å². The molecule has 1 saturated carbocycles. The van der Waals surface area contributed by atoms with Crippen LogP contribution in [0.1, 0.15) is 30.5 Å². The van der Waals surface area contributed by atoms with E-state index < -0.39 is 5.97 Å². The average molecular weight is 245 g/mol. The molecular formula is C13H15N3O2. The number of aliphatic carboxylic acids is 1. The summed E-state index contributed by atoms with van der Waals surface area (Å²) in [5.41, 5.74) is 1.42. The van der Waals surface area contributed by atoms with Gasteiger partial charge in [0.05, 0.1) is 6.42 Å². The first-order valence-electron chi connectivity index (χ1n) is 6.00. The zero-order valence-electron chi connectivity index (χ0n) is 10.0. The van der Waals surface area contributed by atoms with Gasteiger partial charge in [-0.25, -0.2) is 4.98 Å². The first kappa shape index (κ1) is 12.5. The highest BCUT2D eigenvalue weighted by atomic mass is 16.4. The van der Waals surface area contributed by atoms with Crippen LogP contribution in [0.4, 0.5) is 0 Å². The zero-order chi connectivity index (χ0) is 13.0. The lowest BCUT2D eigenvalue weighted by atomic mass is 10.2. The lowest BCUT2D eigenvalue weighted by molar-refractivity contribution is -0.137. The third-order valence-corrected chi connectivity index (χ3v) is 3.00. The minimum Gasteiger partial charge on any atom is -0.481 e. The van der Waals surface area contributed by atoms with E-state index in [1.807, 2.05) is 12.1 Å². The molecule has 0 radical (unpaired) electrons. The van der Waals surface area contributed by atoms with Gasteiger partial charge in [0, 0.05) is 25.3 Å². The molecule has 0 aromatic carbocycles. The van der Waals surface area contributed by atoms with E-state index >= 15 is 0 Å². The van der Waals surface area contributed by atoms with Gasteiger partial charge in [0.1, 0.15) is 11.8 Å². The van der Waals surface area contributed by atoms with Crippen LogP contribution in [0.3, 0.4) is 0 Å². The number of carboxylic acids is 1. The molecule has 94 valence electrons. The van der Waals surface area contributed by atoms with Gasteiger partial charge in [-0.1, -0.05) is 0 Å². The van der Waals surface area contributed by atoms with Crippen molar-refractivity contribution in [2.24, 2.45) is 0 Å². The van der Waals surface area contributed by atoms with Crippen molar-refractivity contribution in [3.8, 4) is 6.07 Å². The van der Waals surface area contributed by atoms with Crippen molar-refractivity contribution < 1.29 is 9.90 Å². The number of hydrogen-bond acceptors (Lipinski definition) is 4. The van der Waals surface area contributed by atoms with Gasteiger partial charge >= 0.3 is 5.97 Å². The molecule has 5 nitrogen and oxygen atoms in total. The van der Waals surface area contributed by atoms with E-state index in [9.17, 15) is 4.79 Å². The number of aromatic nitrogens is 1. The van der Waals surface area contributed by atoms with Crippen LogP contribution in [0.25, 0.3) is 0 Å². The van der Waals surface area contributed by atoms with E-state index in [0.717, 1.165) is 18.4 Å². The predicted molar refractivity (Wildman–Crippen MR) is 64.6 cm³/mol. The average Bonchev–Trinajstić information content (AvgIpc) is 3.18. The van der Waals surface area contributed by atoms with Crippen molar-refractivity contribution in [3.05, 3.63) is 29.6 Å². The fourth-order valence-corrected chi connectivity index (χ4v) is 1.94.